The van der Waals surface area contributed by atoms with E-state index in [4.69, 9.17) is 11.6 Å². The summed E-state index contributed by atoms with van der Waals surface area (Å²) >= 11 is 6.03. The summed E-state index contributed by atoms with van der Waals surface area (Å²) < 4.78 is 46.3. The van der Waals surface area contributed by atoms with Gasteiger partial charge in [-0.05, 0) is 42.5 Å². The lowest BCUT2D eigenvalue weighted by Crippen LogP contribution is -2.62. The van der Waals surface area contributed by atoms with Crippen LogP contribution in [0.5, 0.6) is 0 Å². The van der Waals surface area contributed by atoms with E-state index < -0.39 is 35.1 Å². The third-order valence-electron chi connectivity index (χ3n) is 6.96. The first-order valence-electron chi connectivity index (χ1n) is 11.5. The number of halogens is 4. The number of benzene rings is 1. The molecule has 0 atom stereocenters. The lowest BCUT2D eigenvalue weighted by atomic mass is 9.90. The molecule has 37 heavy (non-hydrogen) atoms. The predicted octanol–water partition coefficient (Wildman–Crippen LogP) is 3.71. The third-order valence-corrected chi connectivity index (χ3v) is 7.25. The Kier molecular flexibility index (Phi) is 5.21. The average molecular weight is 527 g/mol. The largest absolute Gasteiger partial charge is 0.351 e. The van der Waals surface area contributed by atoms with Gasteiger partial charge in [-0.1, -0.05) is 17.7 Å². The summed E-state index contributed by atoms with van der Waals surface area (Å²) in [6.45, 7) is -0.549. The molecule has 0 N–H and O–H groups in total. The number of anilines is 1. The number of imidazole rings is 1. The molecule has 0 unspecified atom stereocenters. The van der Waals surface area contributed by atoms with Crippen LogP contribution in [0.3, 0.4) is 0 Å². The van der Waals surface area contributed by atoms with E-state index in [1.165, 1.54) is 28.9 Å². The zero-order chi connectivity index (χ0) is 26.1. The third kappa shape index (κ3) is 3.62. The summed E-state index contributed by atoms with van der Waals surface area (Å²) in [5, 5.41) is 9.31. The number of hydrogen-bond acceptors (Lipinski definition) is 5. The van der Waals surface area contributed by atoms with Crippen LogP contribution in [0.2, 0.25) is 5.02 Å². The van der Waals surface area contributed by atoms with E-state index in [2.05, 4.69) is 4.98 Å². The van der Waals surface area contributed by atoms with Gasteiger partial charge in [0.05, 0.1) is 35.9 Å². The highest BCUT2D eigenvalue weighted by atomic mass is 35.5. The van der Waals surface area contributed by atoms with Crippen LogP contribution in [0, 0.1) is 28.9 Å². The van der Waals surface area contributed by atoms with Crippen LogP contribution >= 0.6 is 11.6 Å². The van der Waals surface area contributed by atoms with Crippen molar-refractivity contribution < 1.29 is 13.2 Å². The van der Waals surface area contributed by atoms with Crippen LogP contribution in [-0.4, -0.2) is 37.3 Å². The monoisotopic (exact) mass is 526 g/mol. The number of hydrogen-bond donors (Lipinski definition) is 0. The molecule has 3 aromatic heterocycles. The summed E-state index contributed by atoms with van der Waals surface area (Å²) in [4.78, 5) is 33.4. The van der Waals surface area contributed by atoms with Crippen LogP contribution in [0.4, 0.5) is 19.0 Å². The maximum Gasteiger partial charge on any atom is 0.339 e. The molecule has 0 radical (unpaired) electrons. The minimum atomic E-state index is -1.45. The van der Waals surface area contributed by atoms with Crippen molar-refractivity contribution >= 4 is 23.1 Å². The molecule has 6 rings (SSSR count). The van der Waals surface area contributed by atoms with E-state index >= 15 is 4.39 Å². The molecule has 8 nitrogen and oxygen atoms in total. The second kappa shape index (κ2) is 8.24. The Bertz CT molecular complexity index is 1740. The Labute approximate surface area is 212 Å². The first-order chi connectivity index (χ1) is 17.7. The zero-order valence-corrected chi connectivity index (χ0v) is 19.9. The van der Waals surface area contributed by atoms with Crippen molar-refractivity contribution in [3.63, 3.8) is 0 Å². The molecule has 0 spiro atoms. The van der Waals surface area contributed by atoms with Gasteiger partial charge in [0.25, 0.3) is 5.56 Å². The Morgan fingerprint density at radius 3 is 2.59 bits per heavy atom. The van der Waals surface area contributed by atoms with Crippen molar-refractivity contribution in [3.05, 3.63) is 80.2 Å². The van der Waals surface area contributed by atoms with E-state index in [9.17, 15) is 23.6 Å². The summed E-state index contributed by atoms with van der Waals surface area (Å²) in [6.07, 6.45) is 4.09. The minimum Gasteiger partial charge on any atom is -0.351 e. The van der Waals surface area contributed by atoms with Gasteiger partial charge in [0.2, 0.25) is 0 Å². The quantitative estimate of drug-likeness (QED) is 0.396. The highest BCUT2D eigenvalue weighted by molar-refractivity contribution is 6.31. The van der Waals surface area contributed by atoms with Gasteiger partial charge < -0.3 is 4.90 Å². The van der Waals surface area contributed by atoms with Crippen molar-refractivity contribution in [2.75, 3.05) is 18.0 Å². The van der Waals surface area contributed by atoms with Gasteiger partial charge in [0.15, 0.2) is 0 Å². The molecule has 1 aromatic carbocycles. The highest BCUT2D eigenvalue weighted by Gasteiger charge is 2.55. The number of alkyl halides is 1. The molecule has 2 aliphatic rings. The van der Waals surface area contributed by atoms with Gasteiger partial charge in [-0.15, -0.1) is 0 Å². The van der Waals surface area contributed by atoms with Crippen molar-refractivity contribution in [3.8, 4) is 23.0 Å². The maximum atomic E-state index is 15.3. The van der Waals surface area contributed by atoms with Gasteiger partial charge >= 0.3 is 5.69 Å². The predicted molar refractivity (Wildman–Crippen MR) is 130 cm³/mol. The Balaban J connectivity index is 1.65. The molecule has 1 aliphatic heterocycles. The average Bonchev–Trinajstić information content (AvgIpc) is 3.62. The Hall–Kier alpha value is -4.04. The molecule has 4 heterocycles. The second-order valence-electron chi connectivity index (χ2n) is 9.35. The van der Waals surface area contributed by atoms with Crippen molar-refractivity contribution in [1.82, 2.24) is 18.5 Å². The van der Waals surface area contributed by atoms with E-state index in [-0.39, 0.29) is 52.4 Å². The Morgan fingerprint density at radius 2 is 1.92 bits per heavy atom. The van der Waals surface area contributed by atoms with E-state index in [1.807, 2.05) is 6.07 Å². The molecule has 0 bridgehead atoms. The van der Waals surface area contributed by atoms with Gasteiger partial charge in [0.1, 0.15) is 41.1 Å². The topological polar surface area (TPSA) is 88.3 Å². The van der Waals surface area contributed by atoms with E-state index in [0.717, 1.165) is 40.2 Å². The summed E-state index contributed by atoms with van der Waals surface area (Å²) in [6, 6.07) is 7.87. The highest BCUT2D eigenvalue weighted by Crippen LogP contribution is 2.49. The van der Waals surface area contributed by atoms with Crippen LogP contribution in [0.15, 0.2) is 52.3 Å². The first kappa shape index (κ1) is 23.4. The fourth-order valence-corrected chi connectivity index (χ4v) is 5.17. The van der Waals surface area contributed by atoms with Gasteiger partial charge in [-0.3, -0.25) is 13.8 Å². The number of nitriles is 1. The van der Waals surface area contributed by atoms with Gasteiger partial charge in [-0.2, -0.15) is 5.26 Å². The number of rotatable bonds is 5. The van der Waals surface area contributed by atoms with Crippen LogP contribution in [0.25, 0.3) is 22.6 Å². The summed E-state index contributed by atoms with van der Waals surface area (Å²) in [5.41, 5.74) is -2.82. The maximum absolute atomic E-state index is 15.3. The van der Waals surface area contributed by atoms with E-state index in [0.29, 0.717) is 0 Å². The fourth-order valence-electron chi connectivity index (χ4n) is 4.99. The van der Waals surface area contributed by atoms with Gasteiger partial charge in [-0.25, -0.2) is 27.5 Å². The number of fused-ring (bicyclic) bond motifs is 1. The van der Waals surface area contributed by atoms with Gasteiger partial charge in [0, 0.05) is 12.3 Å². The van der Waals surface area contributed by atoms with Crippen molar-refractivity contribution in [2.24, 2.45) is 5.92 Å². The fraction of sp³-hybridized carbons (Fsp3) is 0.280. The van der Waals surface area contributed by atoms with Crippen LogP contribution in [-0.2, 0) is 6.54 Å². The second-order valence-corrected chi connectivity index (χ2v) is 9.76. The lowest BCUT2D eigenvalue weighted by molar-refractivity contribution is 0.0918. The zero-order valence-electron chi connectivity index (χ0n) is 19.2. The molecule has 1 saturated carbocycles. The molecule has 0 amide bonds. The van der Waals surface area contributed by atoms with E-state index in [1.54, 1.807) is 4.90 Å². The first-order valence-corrected chi connectivity index (χ1v) is 11.9. The molecule has 188 valence electrons. The standard InChI is InChI=1S/C25H18ClF3N6O2/c26-17-9-14(1-4-18(17)28)21-22(32-12-25(29,13-32)15-2-3-15)34(8-6-30)24(37)35(23(21)36)20-11-31-19-10-16(27)5-7-33(19)20/h1,4-5,7,9-11,15H,2-3,8,12-13H2. The lowest BCUT2D eigenvalue weighted by Gasteiger charge is -2.47. The number of nitrogens with zero attached hydrogens (tertiary/aromatic N) is 6. The molecule has 4 aromatic rings. The number of aromatic nitrogens is 4. The SMILES string of the molecule is N#CCn1c(N2CC(F)(C3CC3)C2)c(-c2ccc(F)c(Cl)c2)c(=O)n(-c2cnc3cc(F)ccn23)c1=O. The van der Waals surface area contributed by atoms with Crippen LogP contribution < -0.4 is 16.1 Å². The summed E-state index contributed by atoms with van der Waals surface area (Å²) in [7, 11) is 0. The molecule has 2 fully saturated rings. The van der Waals surface area contributed by atoms with Crippen molar-refractivity contribution in [2.45, 2.75) is 25.1 Å². The van der Waals surface area contributed by atoms with Crippen LogP contribution in [0.1, 0.15) is 12.8 Å². The number of pyridine rings is 1. The van der Waals surface area contributed by atoms with Crippen molar-refractivity contribution in [1.29, 1.82) is 5.26 Å². The minimum absolute atomic E-state index is 0.0131. The Morgan fingerprint density at radius 1 is 1.16 bits per heavy atom. The smallest absolute Gasteiger partial charge is 0.339 e. The molecular weight excluding hydrogens is 509 g/mol. The molecule has 1 saturated heterocycles. The molecular formula is C25H18ClF3N6O2. The normalized spacial score (nSPS) is 16.6. The molecule has 12 heteroatoms. The summed E-state index contributed by atoms with van der Waals surface area (Å²) in [5.74, 6) is -1.27. The molecule has 1 aliphatic carbocycles.